The monoisotopic (exact) mass is 412 g/mol. The van der Waals surface area contributed by atoms with E-state index < -0.39 is 0 Å². The second kappa shape index (κ2) is 7.55. The molecule has 0 N–H and O–H groups in total. The van der Waals surface area contributed by atoms with Gasteiger partial charge in [0, 0.05) is 16.1 Å². The van der Waals surface area contributed by atoms with Gasteiger partial charge in [-0.15, -0.1) is 0 Å². The van der Waals surface area contributed by atoms with Gasteiger partial charge < -0.3 is 13.8 Å². The third-order valence-electron chi connectivity index (χ3n) is 4.25. The second-order valence-corrected chi connectivity index (χ2v) is 7.07. The summed E-state index contributed by atoms with van der Waals surface area (Å²) >= 11 is 12.5. The molecule has 0 radical (unpaired) electrons. The number of benzene rings is 2. The van der Waals surface area contributed by atoms with E-state index in [1.165, 1.54) is 0 Å². The fourth-order valence-electron chi connectivity index (χ4n) is 2.91. The summed E-state index contributed by atoms with van der Waals surface area (Å²) < 4.78 is 12.7. The maximum absolute atomic E-state index is 9.26. The molecule has 8 heteroatoms. The van der Waals surface area contributed by atoms with Crippen LogP contribution in [0.25, 0.3) is 11.0 Å². The molecule has 0 saturated heterocycles. The zero-order valence-electron chi connectivity index (χ0n) is 14.8. The zero-order valence-corrected chi connectivity index (χ0v) is 16.3. The molecule has 0 fully saturated rings. The molecule has 0 atom stereocenters. The molecule has 2 aromatic carbocycles. The number of rotatable bonds is 5. The SMILES string of the molecule is Cc1cc(OCc2nc3ccc(C#N)cc3n2Cc2cc(Cl)ccc2Cl)no1. The molecule has 0 aliphatic rings. The average Bonchev–Trinajstić information content (AvgIpc) is 3.26. The van der Waals surface area contributed by atoms with Gasteiger partial charge in [0.05, 0.1) is 29.2 Å². The quantitative estimate of drug-likeness (QED) is 0.453. The van der Waals surface area contributed by atoms with Crippen molar-refractivity contribution in [2.24, 2.45) is 0 Å². The van der Waals surface area contributed by atoms with Crippen molar-refractivity contribution in [1.82, 2.24) is 14.7 Å². The van der Waals surface area contributed by atoms with Gasteiger partial charge in [-0.3, -0.25) is 0 Å². The predicted octanol–water partition coefficient (Wildman–Crippen LogP) is 5.14. The van der Waals surface area contributed by atoms with Gasteiger partial charge in [0.15, 0.2) is 0 Å². The lowest BCUT2D eigenvalue weighted by Gasteiger charge is -2.11. The first-order valence-corrected chi connectivity index (χ1v) is 9.18. The van der Waals surface area contributed by atoms with Crippen molar-refractivity contribution in [3.8, 4) is 11.9 Å². The van der Waals surface area contributed by atoms with Crippen molar-refractivity contribution < 1.29 is 9.26 Å². The van der Waals surface area contributed by atoms with Crippen LogP contribution in [0.5, 0.6) is 5.88 Å². The van der Waals surface area contributed by atoms with Crippen molar-refractivity contribution in [1.29, 1.82) is 5.26 Å². The molecule has 0 unspecified atom stereocenters. The highest BCUT2D eigenvalue weighted by Gasteiger charge is 2.15. The molecular weight excluding hydrogens is 399 g/mol. The average molecular weight is 413 g/mol. The van der Waals surface area contributed by atoms with Gasteiger partial charge in [-0.05, 0) is 54.0 Å². The van der Waals surface area contributed by atoms with E-state index in [1.54, 1.807) is 37.3 Å². The minimum atomic E-state index is 0.181. The molecule has 2 aromatic heterocycles. The van der Waals surface area contributed by atoms with Gasteiger partial charge in [-0.25, -0.2) is 4.98 Å². The number of fused-ring (bicyclic) bond motifs is 1. The minimum Gasteiger partial charge on any atom is -0.467 e. The van der Waals surface area contributed by atoms with E-state index in [9.17, 15) is 5.26 Å². The van der Waals surface area contributed by atoms with Crippen LogP contribution >= 0.6 is 23.2 Å². The van der Waals surface area contributed by atoms with Crippen LogP contribution < -0.4 is 4.74 Å². The summed E-state index contributed by atoms with van der Waals surface area (Å²) in [5.41, 5.74) is 2.96. The molecule has 0 saturated carbocycles. The molecule has 4 rings (SSSR count). The zero-order chi connectivity index (χ0) is 19.7. The van der Waals surface area contributed by atoms with Crippen LogP contribution in [0.3, 0.4) is 0 Å². The molecule has 0 bridgehead atoms. The number of ether oxygens (including phenoxy) is 1. The molecule has 6 nitrogen and oxygen atoms in total. The first-order chi connectivity index (χ1) is 13.5. The number of aryl methyl sites for hydroxylation is 1. The third-order valence-corrected chi connectivity index (χ3v) is 4.85. The van der Waals surface area contributed by atoms with Crippen molar-refractivity contribution in [3.63, 3.8) is 0 Å². The Morgan fingerprint density at radius 3 is 2.79 bits per heavy atom. The molecule has 2 heterocycles. The van der Waals surface area contributed by atoms with Gasteiger partial charge >= 0.3 is 0 Å². The molecule has 0 aliphatic heterocycles. The van der Waals surface area contributed by atoms with Crippen LogP contribution in [-0.2, 0) is 13.2 Å². The van der Waals surface area contributed by atoms with E-state index in [-0.39, 0.29) is 6.61 Å². The number of imidazole rings is 1. The fourth-order valence-corrected chi connectivity index (χ4v) is 3.29. The summed E-state index contributed by atoms with van der Waals surface area (Å²) in [6, 6.07) is 14.5. The summed E-state index contributed by atoms with van der Waals surface area (Å²) in [6.45, 7) is 2.40. The fraction of sp³-hybridized carbons (Fsp3) is 0.150. The van der Waals surface area contributed by atoms with Crippen molar-refractivity contribution in [2.75, 3.05) is 0 Å². The van der Waals surface area contributed by atoms with Gasteiger partial charge in [-0.1, -0.05) is 23.2 Å². The summed E-state index contributed by atoms with van der Waals surface area (Å²) in [6.07, 6.45) is 0. The highest BCUT2D eigenvalue weighted by molar-refractivity contribution is 6.33. The Bertz CT molecular complexity index is 1210. The molecular formula is C20H14Cl2N4O2. The molecule has 4 aromatic rings. The standard InChI is InChI=1S/C20H14Cl2N4O2/c1-12-6-20(25-28-12)27-11-19-24-17-5-2-13(9-23)7-18(17)26(19)10-14-8-15(21)3-4-16(14)22/h2-8H,10-11H2,1H3. The first-order valence-electron chi connectivity index (χ1n) is 8.43. The first kappa shape index (κ1) is 18.4. The highest BCUT2D eigenvalue weighted by atomic mass is 35.5. The second-order valence-electron chi connectivity index (χ2n) is 6.23. The number of hydrogen-bond acceptors (Lipinski definition) is 5. The Morgan fingerprint density at radius 2 is 2.04 bits per heavy atom. The molecule has 0 aliphatic carbocycles. The van der Waals surface area contributed by atoms with E-state index in [1.807, 2.05) is 16.7 Å². The summed E-state index contributed by atoms with van der Waals surface area (Å²) in [4.78, 5) is 4.65. The molecule has 28 heavy (non-hydrogen) atoms. The van der Waals surface area contributed by atoms with E-state index in [4.69, 9.17) is 32.5 Å². The molecule has 0 spiro atoms. The van der Waals surface area contributed by atoms with E-state index >= 15 is 0 Å². The summed E-state index contributed by atoms with van der Waals surface area (Å²) in [7, 11) is 0. The lowest BCUT2D eigenvalue weighted by atomic mass is 10.2. The van der Waals surface area contributed by atoms with Crippen LogP contribution in [-0.4, -0.2) is 14.7 Å². The topological polar surface area (TPSA) is 76.9 Å². The normalized spacial score (nSPS) is 10.9. The summed E-state index contributed by atoms with van der Waals surface area (Å²) in [5.74, 6) is 1.71. The maximum Gasteiger partial charge on any atom is 0.254 e. The van der Waals surface area contributed by atoms with Gasteiger partial charge in [0.25, 0.3) is 5.88 Å². The van der Waals surface area contributed by atoms with Crippen LogP contribution in [0.4, 0.5) is 0 Å². The lowest BCUT2D eigenvalue weighted by Crippen LogP contribution is -2.09. The largest absolute Gasteiger partial charge is 0.467 e. The Labute approximate surface area is 170 Å². The van der Waals surface area contributed by atoms with Crippen molar-refractivity contribution in [3.05, 3.63) is 75.2 Å². The predicted molar refractivity (Wildman–Crippen MR) is 106 cm³/mol. The smallest absolute Gasteiger partial charge is 0.254 e. The maximum atomic E-state index is 9.26. The van der Waals surface area contributed by atoms with Crippen LogP contribution in [0.1, 0.15) is 22.7 Å². The van der Waals surface area contributed by atoms with E-state index in [0.717, 1.165) is 16.6 Å². The Hall–Kier alpha value is -3.01. The lowest BCUT2D eigenvalue weighted by molar-refractivity contribution is 0.257. The van der Waals surface area contributed by atoms with Crippen LogP contribution in [0, 0.1) is 18.3 Å². The van der Waals surface area contributed by atoms with E-state index in [0.29, 0.717) is 39.6 Å². The van der Waals surface area contributed by atoms with Gasteiger partial charge in [0.2, 0.25) is 0 Å². The Balaban J connectivity index is 1.76. The minimum absolute atomic E-state index is 0.181. The van der Waals surface area contributed by atoms with Crippen molar-refractivity contribution >= 4 is 34.2 Å². The third kappa shape index (κ3) is 3.68. The van der Waals surface area contributed by atoms with Crippen LogP contribution in [0.2, 0.25) is 10.0 Å². The van der Waals surface area contributed by atoms with Gasteiger partial charge in [-0.2, -0.15) is 5.26 Å². The number of hydrogen-bond donors (Lipinski definition) is 0. The number of halogens is 2. The van der Waals surface area contributed by atoms with Crippen LogP contribution in [0.15, 0.2) is 47.0 Å². The van der Waals surface area contributed by atoms with Gasteiger partial charge in [0.1, 0.15) is 18.2 Å². The number of nitrogens with zero attached hydrogens (tertiary/aromatic N) is 4. The number of nitriles is 1. The molecule has 140 valence electrons. The van der Waals surface area contributed by atoms with E-state index in [2.05, 4.69) is 16.2 Å². The number of aromatic nitrogens is 3. The Morgan fingerprint density at radius 1 is 1.18 bits per heavy atom. The molecule has 0 amide bonds. The summed E-state index contributed by atoms with van der Waals surface area (Å²) in [5, 5.41) is 14.3. The highest BCUT2D eigenvalue weighted by Crippen LogP contribution is 2.26. The van der Waals surface area contributed by atoms with Crippen molar-refractivity contribution in [2.45, 2.75) is 20.1 Å². The Kier molecular flexibility index (Phi) is 4.95.